The molecule has 1 aliphatic carbocycles. The third kappa shape index (κ3) is 2.64. The van der Waals surface area contributed by atoms with E-state index in [1.54, 1.807) is 6.92 Å². The number of nitrogens with one attached hydrogen (secondary N) is 1. The molecule has 1 aromatic carbocycles. The molecule has 1 aromatic rings. The van der Waals surface area contributed by atoms with Crippen molar-refractivity contribution in [3.05, 3.63) is 18.2 Å². The van der Waals surface area contributed by atoms with Crippen molar-refractivity contribution in [2.45, 2.75) is 24.7 Å². The number of sulfone groups is 1. The summed E-state index contributed by atoms with van der Waals surface area (Å²) in [5, 5.41) is 12.2. The number of benzene rings is 1. The van der Waals surface area contributed by atoms with E-state index in [4.69, 9.17) is 0 Å². The molecule has 2 N–H and O–H groups in total. The van der Waals surface area contributed by atoms with Gasteiger partial charge in [0.2, 0.25) is 5.91 Å². The summed E-state index contributed by atoms with van der Waals surface area (Å²) in [6.07, 6.45) is 1.69. The molecule has 1 aliphatic rings. The van der Waals surface area contributed by atoms with Gasteiger partial charge < -0.3 is 10.4 Å². The van der Waals surface area contributed by atoms with Crippen LogP contribution in [0.3, 0.4) is 0 Å². The average molecular weight is 269 g/mol. The molecule has 18 heavy (non-hydrogen) atoms. The zero-order valence-electron chi connectivity index (χ0n) is 10.0. The lowest BCUT2D eigenvalue weighted by atomic mass is 10.2. The Morgan fingerprint density at radius 3 is 2.67 bits per heavy atom. The van der Waals surface area contributed by atoms with E-state index in [9.17, 15) is 18.3 Å². The Bertz CT molecular complexity index is 576. The average Bonchev–Trinajstić information content (AvgIpc) is 3.15. The van der Waals surface area contributed by atoms with Gasteiger partial charge in [0.05, 0.1) is 16.3 Å². The minimum absolute atomic E-state index is 0.00385. The van der Waals surface area contributed by atoms with Crippen molar-refractivity contribution in [3.8, 4) is 5.75 Å². The standard InChI is InChI=1S/C12H15NO4S/c1-2-18(16,17)9-5-6-11(14)10(7-9)13-12(15)8-3-4-8/h5-8,14H,2-4H2,1H3,(H,13,15). The first-order valence-electron chi connectivity index (χ1n) is 5.80. The summed E-state index contributed by atoms with van der Waals surface area (Å²) in [6.45, 7) is 1.55. The van der Waals surface area contributed by atoms with Crippen LogP contribution in [0.2, 0.25) is 0 Å². The molecular formula is C12H15NO4S. The van der Waals surface area contributed by atoms with Crippen molar-refractivity contribution < 1.29 is 18.3 Å². The van der Waals surface area contributed by atoms with Crippen LogP contribution in [-0.2, 0) is 14.6 Å². The van der Waals surface area contributed by atoms with Crippen LogP contribution in [0, 0.1) is 5.92 Å². The molecule has 1 fully saturated rings. The maximum atomic E-state index is 11.7. The SMILES string of the molecule is CCS(=O)(=O)c1ccc(O)c(NC(=O)C2CC2)c1. The van der Waals surface area contributed by atoms with E-state index in [-0.39, 0.29) is 33.9 Å². The second kappa shape index (κ2) is 4.61. The smallest absolute Gasteiger partial charge is 0.227 e. The topological polar surface area (TPSA) is 83.5 Å². The third-order valence-electron chi connectivity index (χ3n) is 2.91. The van der Waals surface area contributed by atoms with Crippen molar-refractivity contribution in [2.75, 3.05) is 11.1 Å². The first-order valence-corrected chi connectivity index (χ1v) is 7.46. The number of hydrogen-bond donors (Lipinski definition) is 2. The minimum atomic E-state index is -3.34. The van der Waals surface area contributed by atoms with Gasteiger partial charge >= 0.3 is 0 Å². The number of phenols is 1. The molecule has 0 unspecified atom stereocenters. The van der Waals surface area contributed by atoms with Crippen LogP contribution >= 0.6 is 0 Å². The highest BCUT2D eigenvalue weighted by Crippen LogP contribution is 2.33. The lowest BCUT2D eigenvalue weighted by molar-refractivity contribution is -0.117. The Balaban J connectivity index is 2.29. The summed E-state index contributed by atoms with van der Waals surface area (Å²) in [7, 11) is -3.34. The van der Waals surface area contributed by atoms with Gasteiger partial charge in [-0.2, -0.15) is 0 Å². The van der Waals surface area contributed by atoms with Crippen LogP contribution in [0.15, 0.2) is 23.1 Å². The highest BCUT2D eigenvalue weighted by atomic mass is 32.2. The maximum Gasteiger partial charge on any atom is 0.227 e. The van der Waals surface area contributed by atoms with Gasteiger partial charge in [-0.3, -0.25) is 4.79 Å². The van der Waals surface area contributed by atoms with Crippen LogP contribution in [0.4, 0.5) is 5.69 Å². The number of amides is 1. The highest BCUT2D eigenvalue weighted by Gasteiger charge is 2.30. The Morgan fingerprint density at radius 1 is 1.44 bits per heavy atom. The zero-order valence-corrected chi connectivity index (χ0v) is 10.8. The van der Waals surface area contributed by atoms with Gasteiger partial charge in [-0.05, 0) is 31.0 Å². The van der Waals surface area contributed by atoms with Gasteiger partial charge in [0.1, 0.15) is 5.75 Å². The summed E-state index contributed by atoms with van der Waals surface area (Å²) in [4.78, 5) is 11.7. The number of phenolic OH excluding ortho intramolecular Hbond substituents is 1. The lowest BCUT2D eigenvalue weighted by Gasteiger charge is -2.09. The molecule has 1 saturated carbocycles. The molecule has 0 atom stereocenters. The second-order valence-electron chi connectivity index (χ2n) is 4.35. The van der Waals surface area contributed by atoms with Crippen molar-refractivity contribution >= 4 is 21.4 Å². The summed E-state index contributed by atoms with van der Waals surface area (Å²) >= 11 is 0. The summed E-state index contributed by atoms with van der Waals surface area (Å²) in [6, 6.07) is 3.92. The molecule has 0 heterocycles. The fourth-order valence-electron chi connectivity index (χ4n) is 1.56. The molecule has 0 bridgehead atoms. The summed E-state index contributed by atoms with van der Waals surface area (Å²) in [5.74, 6) is -0.320. The van der Waals surface area contributed by atoms with Gasteiger partial charge in [-0.25, -0.2) is 8.42 Å². The number of aromatic hydroxyl groups is 1. The first-order chi connectivity index (χ1) is 8.44. The fourth-order valence-corrected chi connectivity index (χ4v) is 2.46. The summed E-state index contributed by atoms with van der Waals surface area (Å²) < 4.78 is 23.4. The van der Waals surface area contributed by atoms with Gasteiger partial charge in [0, 0.05) is 5.92 Å². The number of carbonyl (C=O) groups is 1. The molecule has 2 rings (SSSR count). The number of rotatable bonds is 4. The molecule has 98 valence electrons. The molecule has 0 radical (unpaired) electrons. The molecule has 0 saturated heterocycles. The van der Waals surface area contributed by atoms with Crippen LogP contribution in [0.1, 0.15) is 19.8 Å². The van der Waals surface area contributed by atoms with Gasteiger partial charge in [0.25, 0.3) is 0 Å². The van der Waals surface area contributed by atoms with E-state index in [0.29, 0.717) is 0 Å². The van der Waals surface area contributed by atoms with Crippen molar-refractivity contribution in [1.82, 2.24) is 0 Å². The Hall–Kier alpha value is -1.56. The maximum absolute atomic E-state index is 11.7. The van der Waals surface area contributed by atoms with E-state index in [0.717, 1.165) is 12.8 Å². The third-order valence-corrected chi connectivity index (χ3v) is 4.65. The number of carbonyl (C=O) groups excluding carboxylic acids is 1. The van der Waals surface area contributed by atoms with Gasteiger partial charge in [-0.1, -0.05) is 6.92 Å². The van der Waals surface area contributed by atoms with E-state index < -0.39 is 9.84 Å². The number of anilines is 1. The van der Waals surface area contributed by atoms with Crippen molar-refractivity contribution in [1.29, 1.82) is 0 Å². The summed E-state index contributed by atoms with van der Waals surface area (Å²) in [5.41, 5.74) is 0.154. The predicted molar refractivity (Wildman–Crippen MR) is 67.2 cm³/mol. The Kier molecular flexibility index (Phi) is 3.30. The van der Waals surface area contributed by atoms with Crippen LogP contribution in [0.25, 0.3) is 0 Å². The molecule has 0 spiro atoms. The van der Waals surface area contributed by atoms with Crippen molar-refractivity contribution in [3.63, 3.8) is 0 Å². The molecule has 1 amide bonds. The lowest BCUT2D eigenvalue weighted by Crippen LogP contribution is -2.14. The minimum Gasteiger partial charge on any atom is -0.506 e. The quantitative estimate of drug-likeness (QED) is 0.812. The monoisotopic (exact) mass is 269 g/mol. The zero-order chi connectivity index (χ0) is 13.3. The number of hydrogen-bond acceptors (Lipinski definition) is 4. The largest absolute Gasteiger partial charge is 0.506 e. The molecule has 5 nitrogen and oxygen atoms in total. The van der Waals surface area contributed by atoms with E-state index in [1.807, 2.05) is 0 Å². The van der Waals surface area contributed by atoms with Gasteiger partial charge in [0.15, 0.2) is 9.84 Å². The highest BCUT2D eigenvalue weighted by molar-refractivity contribution is 7.91. The normalized spacial score (nSPS) is 15.4. The van der Waals surface area contributed by atoms with Crippen molar-refractivity contribution in [2.24, 2.45) is 5.92 Å². The van der Waals surface area contributed by atoms with E-state index in [2.05, 4.69) is 5.32 Å². The van der Waals surface area contributed by atoms with Crippen LogP contribution < -0.4 is 5.32 Å². The van der Waals surface area contributed by atoms with Crippen LogP contribution in [0.5, 0.6) is 5.75 Å². The van der Waals surface area contributed by atoms with E-state index >= 15 is 0 Å². The molecule has 6 heteroatoms. The Labute approximate surface area is 106 Å². The van der Waals surface area contributed by atoms with Crippen LogP contribution in [-0.4, -0.2) is 25.2 Å². The fraction of sp³-hybridized carbons (Fsp3) is 0.417. The molecule has 0 aromatic heterocycles. The molecule has 0 aliphatic heterocycles. The molecular weight excluding hydrogens is 254 g/mol. The van der Waals surface area contributed by atoms with E-state index in [1.165, 1.54) is 18.2 Å². The Morgan fingerprint density at radius 2 is 2.11 bits per heavy atom. The van der Waals surface area contributed by atoms with Gasteiger partial charge in [-0.15, -0.1) is 0 Å². The predicted octanol–water partition coefficient (Wildman–Crippen LogP) is 1.53. The second-order valence-corrected chi connectivity index (χ2v) is 6.62. The first kappa shape index (κ1) is 12.9.